The molecule has 2 heterocycles. The Morgan fingerprint density at radius 2 is 2.03 bits per heavy atom. The lowest BCUT2D eigenvalue weighted by Gasteiger charge is -2.10. The number of amides is 1. The highest BCUT2D eigenvalue weighted by atomic mass is 35.5. The number of aromatic nitrogens is 2. The Morgan fingerprint density at radius 1 is 1.21 bits per heavy atom. The fourth-order valence-corrected chi connectivity index (χ4v) is 3.08. The van der Waals surface area contributed by atoms with E-state index in [1.807, 2.05) is 13.0 Å². The highest BCUT2D eigenvalue weighted by Gasteiger charge is 2.16. The number of nitrogens with one attached hydrogen (secondary N) is 1. The van der Waals surface area contributed by atoms with E-state index in [9.17, 15) is 14.9 Å². The van der Waals surface area contributed by atoms with Crippen LogP contribution in [0.25, 0.3) is 22.7 Å². The van der Waals surface area contributed by atoms with Gasteiger partial charge in [-0.25, -0.2) is 4.98 Å². The number of carbonyl (C=O) groups excluding carboxylic acids is 1. The second-order valence-electron chi connectivity index (χ2n) is 6.25. The summed E-state index contributed by atoms with van der Waals surface area (Å²) in [5.41, 5.74) is 3.17. The predicted molar refractivity (Wildman–Crippen MR) is 108 cm³/mol. The molecular formula is C20H13ClN4O4. The Hall–Kier alpha value is -3.78. The first-order valence-electron chi connectivity index (χ1n) is 8.50. The molecule has 4 rings (SSSR count). The quantitative estimate of drug-likeness (QED) is 0.375. The molecule has 0 aliphatic carbocycles. The molecule has 1 N–H and O–H groups in total. The Labute approximate surface area is 169 Å². The summed E-state index contributed by atoms with van der Waals surface area (Å²) in [5, 5.41) is 13.6. The molecule has 0 bridgehead atoms. The molecule has 0 saturated heterocycles. The second kappa shape index (κ2) is 7.33. The molecular weight excluding hydrogens is 396 g/mol. The molecule has 29 heavy (non-hydrogen) atoms. The molecule has 0 aliphatic heterocycles. The maximum absolute atomic E-state index is 12.5. The number of fused-ring (bicyclic) bond motifs is 1. The summed E-state index contributed by atoms with van der Waals surface area (Å²) >= 11 is 6.03. The van der Waals surface area contributed by atoms with Crippen LogP contribution in [0.1, 0.15) is 15.9 Å². The number of oxazole rings is 1. The Bertz CT molecular complexity index is 1240. The number of pyridine rings is 1. The number of carbonyl (C=O) groups is 1. The van der Waals surface area contributed by atoms with Crippen LogP contribution < -0.4 is 5.32 Å². The summed E-state index contributed by atoms with van der Waals surface area (Å²) in [6.07, 6.45) is 1.64. The minimum Gasteiger partial charge on any atom is -0.434 e. The van der Waals surface area contributed by atoms with Crippen molar-refractivity contribution in [2.24, 2.45) is 0 Å². The first-order valence-corrected chi connectivity index (χ1v) is 8.88. The lowest BCUT2D eigenvalue weighted by atomic mass is 10.1. The maximum Gasteiger partial charge on any atom is 0.270 e. The van der Waals surface area contributed by atoms with Crippen LogP contribution in [-0.2, 0) is 0 Å². The molecule has 8 nitrogen and oxygen atoms in total. The van der Waals surface area contributed by atoms with Crippen molar-refractivity contribution < 1.29 is 14.1 Å². The van der Waals surface area contributed by atoms with Gasteiger partial charge in [0.2, 0.25) is 5.89 Å². The number of nitro groups is 1. The number of nitrogens with zero attached hydrogens (tertiary/aromatic N) is 3. The lowest BCUT2D eigenvalue weighted by molar-refractivity contribution is -0.384. The van der Waals surface area contributed by atoms with E-state index >= 15 is 0 Å². The molecule has 0 aliphatic rings. The van der Waals surface area contributed by atoms with Crippen LogP contribution in [0.3, 0.4) is 0 Å². The van der Waals surface area contributed by atoms with E-state index in [4.69, 9.17) is 16.0 Å². The zero-order chi connectivity index (χ0) is 20.5. The van der Waals surface area contributed by atoms with Crippen molar-refractivity contribution in [3.05, 3.63) is 81.0 Å². The Kier molecular flexibility index (Phi) is 4.69. The highest BCUT2D eigenvalue weighted by Crippen LogP contribution is 2.28. The fraction of sp³-hybridized carbons (Fsp3) is 0.0500. The van der Waals surface area contributed by atoms with Gasteiger partial charge >= 0.3 is 0 Å². The summed E-state index contributed by atoms with van der Waals surface area (Å²) in [4.78, 5) is 31.3. The van der Waals surface area contributed by atoms with E-state index in [0.29, 0.717) is 22.8 Å². The molecule has 0 radical (unpaired) electrons. The Morgan fingerprint density at radius 3 is 2.72 bits per heavy atom. The molecule has 2 aromatic heterocycles. The van der Waals surface area contributed by atoms with E-state index in [0.717, 1.165) is 17.2 Å². The molecule has 0 unspecified atom stereocenters. The van der Waals surface area contributed by atoms with E-state index < -0.39 is 10.8 Å². The topological polar surface area (TPSA) is 111 Å². The average Bonchev–Trinajstić information content (AvgIpc) is 3.13. The summed E-state index contributed by atoms with van der Waals surface area (Å²) in [6.45, 7) is 1.83. The number of rotatable bonds is 4. The van der Waals surface area contributed by atoms with Crippen molar-refractivity contribution in [3.8, 4) is 11.5 Å². The molecule has 4 aromatic rings. The van der Waals surface area contributed by atoms with Crippen molar-refractivity contribution in [1.29, 1.82) is 0 Å². The van der Waals surface area contributed by atoms with E-state index in [2.05, 4.69) is 15.3 Å². The van der Waals surface area contributed by atoms with Crippen LogP contribution in [0.2, 0.25) is 5.02 Å². The fourth-order valence-electron chi connectivity index (χ4n) is 2.82. The van der Waals surface area contributed by atoms with Gasteiger partial charge in [0.1, 0.15) is 0 Å². The smallest absolute Gasteiger partial charge is 0.270 e. The third-order valence-corrected chi connectivity index (χ3v) is 4.61. The standard InChI is InChI=1S/C20H13ClN4O4/c1-11-9-12(20-24-18-17(29-20)3-2-8-22-18)4-7-16(11)23-19(26)14-6-5-13(25(27)28)10-15(14)21/h2-10H,1H3,(H,23,26). The van der Waals surface area contributed by atoms with Gasteiger partial charge in [-0.05, 0) is 48.9 Å². The largest absolute Gasteiger partial charge is 0.434 e. The molecule has 1 amide bonds. The molecule has 0 atom stereocenters. The summed E-state index contributed by atoms with van der Waals surface area (Å²) in [5.74, 6) is -0.0371. The van der Waals surface area contributed by atoms with Gasteiger partial charge in [0.05, 0.1) is 15.5 Å². The van der Waals surface area contributed by atoms with Crippen LogP contribution in [0.5, 0.6) is 0 Å². The lowest BCUT2D eigenvalue weighted by Crippen LogP contribution is -2.13. The van der Waals surface area contributed by atoms with Gasteiger partial charge in [-0.15, -0.1) is 0 Å². The molecule has 144 valence electrons. The normalized spacial score (nSPS) is 10.8. The van der Waals surface area contributed by atoms with Crippen LogP contribution in [0.15, 0.2) is 59.1 Å². The van der Waals surface area contributed by atoms with E-state index in [1.54, 1.807) is 30.5 Å². The highest BCUT2D eigenvalue weighted by molar-refractivity contribution is 6.34. The number of nitro benzene ring substituents is 1. The van der Waals surface area contributed by atoms with Crippen molar-refractivity contribution in [2.45, 2.75) is 6.92 Å². The third-order valence-electron chi connectivity index (χ3n) is 4.29. The Balaban J connectivity index is 1.58. The van der Waals surface area contributed by atoms with Crippen molar-refractivity contribution in [3.63, 3.8) is 0 Å². The number of hydrogen-bond acceptors (Lipinski definition) is 6. The van der Waals surface area contributed by atoms with Crippen molar-refractivity contribution in [1.82, 2.24) is 9.97 Å². The summed E-state index contributed by atoms with van der Waals surface area (Å²) in [6, 6.07) is 12.6. The molecule has 0 saturated carbocycles. The van der Waals surface area contributed by atoms with Gasteiger partial charge in [0, 0.05) is 29.6 Å². The summed E-state index contributed by atoms with van der Waals surface area (Å²) < 4.78 is 5.71. The number of hydrogen-bond donors (Lipinski definition) is 1. The zero-order valence-corrected chi connectivity index (χ0v) is 15.8. The SMILES string of the molecule is Cc1cc(-c2nc3ncccc3o2)ccc1NC(=O)c1ccc([N+](=O)[O-])cc1Cl. The molecule has 2 aromatic carbocycles. The minimum atomic E-state index is -0.571. The third kappa shape index (κ3) is 3.65. The molecule has 0 spiro atoms. The van der Waals surface area contributed by atoms with Crippen LogP contribution in [-0.4, -0.2) is 20.8 Å². The maximum atomic E-state index is 12.5. The predicted octanol–water partition coefficient (Wildman–Crippen LogP) is 5.01. The summed E-state index contributed by atoms with van der Waals surface area (Å²) in [7, 11) is 0. The van der Waals surface area contributed by atoms with Gasteiger partial charge < -0.3 is 9.73 Å². The van der Waals surface area contributed by atoms with Gasteiger partial charge in [0.15, 0.2) is 11.2 Å². The minimum absolute atomic E-state index is 0.00458. The van der Waals surface area contributed by atoms with E-state index in [1.165, 1.54) is 12.1 Å². The van der Waals surface area contributed by atoms with Crippen LogP contribution in [0.4, 0.5) is 11.4 Å². The number of halogens is 1. The van der Waals surface area contributed by atoms with Crippen LogP contribution >= 0.6 is 11.6 Å². The number of aryl methyl sites for hydroxylation is 1. The number of anilines is 1. The van der Waals surface area contributed by atoms with Gasteiger partial charge in [-0.3, -0.25) is 14.9 Å². The van der Waals surface area contributed by atoms with Crippen molar-refractivity contribution >= 4 is 40.1 Å². The van der Waals surface area contributed by atoms with Gasteiger partial charge in [-0.2, -0.15) is 4.98 Å². The average molecular weight is 409 g/mol. The van der Waals surface area contributed by atoms with Crippen LogP contribution in [0, 0.1) is 17.0 Å². The van der Waals surface area contributed by atoms with Gasteiger partial charge in [0.25, 0.3) is 11.6 Å². The number of benzene rings is 2. The zero-order valence-electron chi connectivity index (χ0n) is 15.0. The molecule has 9 heteroatoms. The monoisotopic (exact) mass is 408 g/mol. The van der Waals surface area contributed by atoms with Crippen molar-refractivity contribution in [2.75, 3.05) is 5.32 Å². The second-order valence-corrected chi connectivity index (χ2v) is 6.66. The number of non-ortho nitro benzene ring substituents is 1. The first kappa shape index (κ1) is 18.6. The van der Waals surface area contributed by atoms with Gasteiger partial charge in [-0.1, -0.05) is 11.6 Å². The van der Waals surface area contributed by atoms with E-state index in [-0.39, 0.29) is 16.3 Å². The first-order chi connectivity index (χ1) is 13.9. The molecule has 0 fully saturated rings.